The molecule has 3 heterocycles. The molecule has 0 unspecified atom stereocenters. The van der Waals surface area contributed by atoms with Crippen molar-refractivity contribution >= 4 is 34.8 Å². The molecular weight excluding hydrogens is 390 g/mol. The Bertz CT molecular complexity index is 1170. The fourth-order valence-corrected chi connectivity index (χ4v) is 4.10. The van der Waals surface area contributed by atoms with Gasteiger partial charge >= 0.3 is 0 Å². The third kappa shape index (κ3) is 4.15. The Morgan fingerprint density at radius 1 is 1.06 bits per heavy atom. The van der Waals surface area contributed by atoms with E-state index in [1.165, 1.54) is 0 Å². The molecule has 31 heavy (non-hydrogen) atoms. The Hall–Kier alpha value is -3.64. The summed E-state index contributed by atoms with van der Waals surface area (Å²) in [5.74, 6) is 1.13. The van der Waals surface area contributed by atoms with E-state index >= 15 is 0 Å². The molecule has 0 radical (unpaired) electrons. The van der Waals surface area contributed by atoms with Crippen molar-refractivity contribution in [3.8, 4) is 11.3 Å². The number of para-hydroxylation sites is 1. The minimum absolute atomic E-state index is 0.00479. The molecule has 1 saturated heterocycles. The number of furan rings is 1. The summed E-state index contributed by atoms with van der Waals surface area (Å²) < 4.78 is 5.99. The molecule has 2 aliphatic heterocycles. The predicted octanol–water partition coefficient (Wildman–Crippen LogP) is 4.47. The second kappa shape index (κ2) is 8.24. The first-order valence-corrected chi connectivity index (χ1v) is 10.5. The van der Waals surface area contributed by atoms with Gasteiger partial charge in [0.05, 0.1) is 12.1 Å². The van der Waals surface area contributed by atoms with E-state index in [0.29, 0.717) is 23.6 Å². The van der Waals surface area contributed by atoms with Crippen molar-refractivity contribution in [2.45, 2.75) is 12.8 Å². The van der Waals surface area contributed by atoms with E-state index in [1.807, 2.05) is 60.7 Å². The van der Waals surface area contributed by atoms with Crippen LogP contribution in [0.5, 0.6) is 0 Å². The van der Waals surface area contributed by atoms with Crippen LogP contribution in [0.15, 0.2) is 65.1 Å². The zero-order valence-corrected chi connectivity index (χ0v) is 17.1. The van der Waals surface area contributed by atoms with E-state index in [9.17, 15) is 9.59 Å². The second-order valence-corrected chi connectivity index (χ2v) is 7.87. The molecule has 0 bridgehead atoms. The molecule has 0 saturated carbocycles. The van der Waals surface area contributed by atoms with Gasteiger partial charge in [-0.2, -0.15) is 0 Å². The molecule has 3 aromatic rings. The molecule has 0 spiro atoms. The van der Waals surface area contributed by atoms with Gasteiger partial charge < -0.3 is 15.1 Å². The molecule has 0 atom stereocenters. The molecule has 2 N–H and O–H groups in total. The van der Waals surface area contributed by atoms with Crippen molar-refractivity contribution < 1.29 is 14.0 Å². The van der Waals surface area contributed by atoms with Gasteiger partial charge in [0.25, 0.3) is 5.91 Å². The number of nitrogens with zero attached hydrogens (tertiary/aromatic N) is 1. The first kappa shape index (κ1) is 19.3. The lowest BCUT2D eigenvalue weighted by atomic mass is 10.1. The summed E-state index contributed by atoms with van der Waals surface area (Å²) in [4.78, 5) is 26.8. The highest BCUT2D eigenvalue weighted by molar-refractivity contribution is 6.34. The van der Waals surface area contributed by atoms with Crippen molar-refractivity contribution in [3.63, 3.8) is 0 Å². The highest BCUT2D eigenvalue weighted by Gasteiger charge is 2.23. The normalized spacial score (nSPS) is 17.0. The van der Waals surface area contributed by atoms with Crippen LogP contribution >= 0.6 is 0 Å². The maximum absolute atomic E-state index is 12.3. The number of likely N-dealkylation sites (tertiary alicyclic amines) is 1. The van der Waals surface area contributed by atoms with Crippen LogP contribution in [0.1, 0.15) is 24.2 Å². The average molecular weight is 413 g/mol. The summed E-state index contributed by atoms with van der Waals surface area (Å²) in [5, 5.41) is 5.84. The van der Waals surface area contributed by atoms with Crippen molar-refractivity contribution in [3.05, 3.63) is 72.0 Å². The summed E-state index contributed by atoms with van der Waals surface area (Å²) in [7, 11) is 0. The number of benzene rings is 2. The number of hydrogen-bond acceptors (Lipinski definition) is 4. The Kier molecular flexibility index (Phi) is 5.14. The zero-order chi connectivity index (χ0) is 21.2. The third-order valence-corrected chi connectivity index (χ3v) is 5.62. The van der Waals surface area contributed by atoms with Gasteiger partial charge in [-0.05, 0) is 62.3 Å². The molecule has 0 aliphatic carbocycles. The maximum Gasteiger partial charge on any atom is 0.256 e. The van der Waals surface area contributed by atoms with Crippen LogP contribution in [-0.2, 0) is 9.59 Å². The summed E-state index contributed by atoms with van der Waals surface area (Å²) in [6, 6.07) is 18.9. The van der Waals surface area contributed by atoms with Gasteiger partial charge in [-0.25, -0.2) is 0 Å². The van der Waals surface area contributed by atoms with Gasteiger partial charge in [0.1, 0.15) is 11.5 Å². The van der Waals surface area contributed by atoms with Gasteiger partial charge in [0.15, 0.2) is 0 Å². The quantitative estimate of drug-likeness (QED) is 0.605. The lowest BCUT2D eigenvalue weighted by molar-refractivity contribution is -0.117. The van der Waals surface area contributed by atoms with E-state index in [4.69, 9.17) is 4.42 Å². The number of hydrogen-bond donors (Lipinski definition) is 2. The molecular formula is C25H23N3O3. The second-order valence-electron chi connectivity index (χ2n) is 7.87. The van der Waals surface area contributed by atoms with Crippen LogP contribution in [0.3, 0.4) is 0 Å². The smallest absolute Gasteiger partial charge is 0.256 e. The number of carbonyl (C=O) groups excluding carboxylic acids is 2. The first-order chi connectivity index (χ1) is 15.2. The molecule has 2 aliphatic rings. The lowest BCUT2D eigenvalue weighted by Crippen LogP contribution is -2.30. The molecule has 1 fully saturated rings. The standard InChI is InChI=1S/C25H23N3O3/c29-24(16-28-12-3-4-13-28)26-18-7-5-6-17(14-18)23-11-10-19(31-23)15-21-20-8-1-2-9-22(20)27-25(21)30/h1-2,5-11,14-15H,3-4,12-13,16H2,(H,26,29)(H,27,30). The summed E-state index contributed by atoms with van der Waals surface area (Å²) in [6.45, 7) is 2.40. The Morgan fingerprint density at radius 2 is 1.90 bits per heavy atom. The lowest BCUT2D eigenvalue weighted by Gasteiger charge is -2.14. The summed E-state index contributed by atoms with van der Waals surface area (Å²) >= 11 is 0. The molecule has 2 amide bonds. The third-order valence-electron chi connectivity index (χ3n) is 5.62. The number of anilines is 2. The minimum Gasteiger partial charge on any atom is -0.457 e. The average Bonchev–Trinajstić information content (AvgIpc) is 3.50. The Labute approximate surface area is 180 Å². The highest BCUT2D eigenvalue weighted by atomic mass is 16.3. The van der Waals surface area contributed by atoms with Crippen molar-refractivity contribution in [2.24, 2.45) is 0 Å². The number of fused-ring (bicyclic) bond motifs is 1. The van der Waals surface area contributed by atoms with Gasteiger partial charge in [0, 0.05) is 22.5 Å². The van der Waals surface area contributed by atoms with E-state index in [1.54, 1.807) is 6.08 Å². The van der Waals surface area contributed by atoms with Gasteiger partial charge in [-0.3, -0.25) is 14.5 Å². The number of amides is 2. The van der Waals surface area contributed by atoms with Crippen LogP contribution in [-0.4, -0.2) is 36.3 Å². The van der Waals surface area contributed by atoms with E-state index in [2.05, 4.69) is 15.5 Å². The van der Waals surface area contributed by atoms with Crippen molar-refractivity contribution in [1.82, 2.24) is 4.90 Å². The van der Waals surface area contributed by atoms with Gasteiger partial charge in [0.2, 0.25) is 5.91 Å². The molecule has 5 rings (SSSR count). The molecule has 2 aromatic carbocycles. The number of rotatable bonds is 5. The van der Waals surface area contributed by atoms with Gasteiger partial charge in [-0.1, -0.05) is 30.3 Å². The monoisotopic (exact) mass is 413 g/mol. The van der Waals surface area contributed by atoms with Crippen LogP contribution in [0.2, 0.25) is 0 Å². The first-order valence-electron chi connectivity index (χ1n) is 10.5. The Morgan fingerprint density at radius 3 is 2.77 bits per heavy atom. The number of nitrogens with one attached hydrogen (secondary N) is 2. The Balaban J connectivity index is 1.33. The largest absolute Gasteiger partial charge is 0.457 e. The fourth-order valence-electron chi connectivity index (χ4n) is 4.10. The van der Waals surface area contributed by atoms with Crippen LogP contribution in [0, 0.1) is 0 Å². The van der Waals surface area contributed by atoms with Crippen LogP contribution in [0.4, 0.5) is 11.4 Å². The van der Waals surface area contributed by atoms with Crippen molar-refractivity contribution in [1.29, 1.82) is 0 Å². The summed E-state index contributed by atoms with van der Waals surface area (Å²) in [5.41, 5.74) is 3.86. The minimum atomic E-state index is -0.137. The van der Waals surface area contributed by atoms with Crippen molar-refractivity contribution in [2.75, 3.05) is 30.3 Å². The van der Waals surface area contributed by atoms with Crippen LogP contribution in [0.25, 0.3) is 23.0 Å². The van der Waals surface area contributed by atoms with Gasteiger partial charge in [-0.15, -0.1) is 0 Å². The maximum atomic E-state index is 12.3. The van der Waals surface area contributed by atoms with Crippen LogP contribution < -0.4 is 10.6 Å². The molecule has 6 heteroatoms. The molecule has 156 valence electrons. The number of carbonyl (C=O) groups is 2. The van der Waals surface area contributed by atoms with E-state index in [0.717, 1.165) is 48.4 Å². The zero-order valence-electron chi connectivity index (χ0n) is 17.1. The fraction of sp³-hybridized carbons (Fsp3) is 0.200. The van der Waals surface area contributed by atoms with E-state index in [-0.39, 0.29) is 11.8 Å². The molecule has 1 aromatic heterocycles. The predicted molar refractivity (Wildman–Crippen MR) is 121 cm³/mol. The van der Waals surface area contributed by atoms with E-state index < -0.39 is 0 Å². The molecule has 6 nitrogen and oxygen atoms in total. The topological polar surface area (TPSA) is 74.6 Å². The SMILES string of the molecule is O=C(CN1CCCC1)Nc1cccc(-c2ccc(C=C3C(=O)Nc4ccccc43)o2)c1. The summed E-state index contributed by atoms with van der Waals surface area (Å²) in [6.07, 6.45) is 4.08. The highest BCUT2D eigenvalue weighted by Crippen LogP contribution is 2.34.